The summed E-state index contributed by atoms with van der Waals surface area (Å²) in [6.07, 6.45) is 0.956. The van der Waals surface area contributed by atoms with Crippen LogP contribution in [0.2, 0.25) is 0 Å². The molecule has 1 aromatic carbocycles. The van der Waals surface area contributed by atoms with E-state index in [9.17, 15) is 4.79 Å². The van der Waals surface area contributed by atoms with Gasteiger partial charge in [-0.2, -0.15) is 4.98 Å². The SMILES string of the molecule is COc1ccc(-c2noc(CCCC(=O)O)n2)c(OC)c1. The summed E-state index contributed by atoms with van der Waals surface area (Å²) in [6.45, 7) is 0. The Bertz CT molecular complexity index is 624. The van der Waals surface area contributed by atoms with E-state index in [0.29, 0.717) is 41.6 Å². The molecule has 1 aromatic heterocycles. The van der Waals surface area contributed by atoms with E-state index in [2.05, 4.69) is 10.1 Å². The molecule has 7 nitrogen and oxygen atoms in total. The van der Waals surface area contributed by atoms with Gasteiger partial charge < -0.3 is 19.1 Å². The number of carboxylic acid groups (broad SMARTS) is 1. The second-order valence-corrected chi connectivity index (χ2v) is 4.33. The van der Waals surface area contributed by atoms with E-state index in [-0.39, 0.29) is 6.42 Å². The van der Waals surface area contributed by atoms with Gasteiger partial charge in [-0.3, -0.25) is 4.79 Å². The van der Waals surface area contributed by atoms with Crippen LogP contribution in [0.1, 0.15) is 18.7 Å². The summed E-state index contributed by atoms with van der Waals surface area (Å²) in [6, 6.07) is 5.29. The maximum absolute atomic E-state index is 10.5. The number of hydrogen-bond acceptors (Lipinski definition) is 6. The molecule has 0 aliphatic heterocycles. The molecule has 2 aromatic rings. The molecule has 0 aliphatic carbocycles. The highest BCUT2D eigenvalue weighted by atomic mass is 16.5. The number of hydrogen-bond donors (Lipinski definition) is 1. The zero-order valence-corrected chi connectivity index (χ0v) is 11.8. The molecule has 0 aliphatic rings. The first kappa shape index (κ1) is 14.8. The first-order chi connectivity index (χ1) is 10.1. The van der Waals surface area contributed by atoms with Gasteiger partial charge in [-0.05, 0) is 18.6 Å². The highest BCUT2D eigenvalue weighted by Gasteiger charge is 2.14. The molecule has 1 heterocycles. The molecule has 112 valence electrons. The van der Waals surface area contributed by atoms with Gasteiger partial charge in [0, 0.05) is 18.9 Å². The molecule has 0 radical (unpaired) electrons. The topological polar surface area (TPSA) is 94.7 Å². The van der Waals surface area contributed by atoms with Crippen molar-refractivity contribution in [3.8, 4) is 22.9 Å². The van der Waals surface area contributed by atoms with Crippen LogP contribution in [0.4, 0.5) is 0 Å². The minimum absolute atomic E-state index is 0.0730. The number of aliphatic carboxylic acids is 1. The zero-order chi connectivity index (χ0) is 15.2. The molecular formula is C14H16N2O5. The molecule has 0 bridgehead atoms. The Morgan fingerprint density at radius 3 is 2.81 bits per heavy atom. The maximum Gasteiger partial charge on any atom is 0.303 e. The molecule has 0 saturated heterocycles. The number of methoxy groups -OCH3 is 2. The fourth-order valence-electron chi connectivity index (χ4n) is 1.84. The minimum Gasteiger partial charge on any atom is -0.497 e. The summed E-state index contributed by atoms with van der Waals surface area (Å²) in [4.78, 5) is 14.7. The van der Waals surface area contributed by atoms with Gasteiger partial charge in [0.25, 0.3) is 0 Å². The zero-order valence-electron chi connectivity index (χ0n) is 11.8. The molecule has 0 amide bonds. The van der Waals surface area contributed by atoms with Gasteiger partial charge in [0.05, 0.1) is 19.8 Å². The van der Waals surface area contributed by atoms with Crippen LogP contribution in [0, 0.1) is 0 Å². The summed E-state index contributed by atoms with van der Waals surface area (Å²) >= 11 is 0. The molecule has 2 rings (SSSR count). The highest BCUT2D eigenvalue weighted by molar-refractivity contribution is 5.66. The van der Waals surface area contributed by atoms with E-state index in [1.54, 1.807) is 32.4 Å². The fourth-order valence-corrected chi connectivity index (χ4v) is 1.84. The number of rotatable bonds is 7. The summed E-state index contributed by atoms with van der Waals surface area (Å²) in [5, 5.41) is 12.5. The molecule has 0 saturated carbocycles. The van der Waals surface area contributed by atoms with E-state index in [1.165, 1.54) is 0 Å². The number of ether oxygens (including phenoxy) is 2. The first-order valence-corrected chi connectivity index (χ1v) is 6.41. The normalized spacial score (nSPS) is 10.4. The third kappa shape index (κ3) is 3.71. The minimum atomic E-state index is -0.841. The number of carbonyl (C=O) groups is 1. The molecule has 1 N–H and O–H groups in total. The lowest BCUT2D eigenvalue weighted by Crippen LogP contribution is -1.96. The highest BCUT2D eigenvalue weighted by Crippen LogP contribution is 2.31. The lowest BCUT2D eigenvalue weighted by molar-refractivity contribution is -0.137. The van der Waals surface area contributed by atoms with Crippen LogP contribution >= 0.6 is 0 Å². The monoisotopic (exact) mass is 292 g/mol. The lowest BCUT2D eigenvalue weighted by atomic mass is 10.2. The van der Waals surface area contributed by atoms with Gasteiger partial charge in [-0.1, -0.05) is 5.16 Å². The van der Waals surface area contributed by atoms with E-state index in [1.807, 2.05) is 0 Å². The predicted molar refractivity (Wildman–Crippen MR) is 73.4 cm³/mol. The van der Waals surface area contributed by atoms with Crippen LogP contribution in [0.3, 0.4) is 0 Å². The van der Waals surface area contributed by atoms with E-state index in [4.69, 9.17) is 19.1 Å². The average molecular weight is 292 g/mol. The molecular weight excluding hydrogens is 276 g/mol. The number of carboxylic acids is 1. The van der Waals surface area contributed by atoms with Gasteiger partial charge >= 0.3 is 5.97 Å². The fraction of sp³-hybridized carbons (Fsp3) is 0.357. The summed E-state index contributed by atoms with van der Waals surface area (Å²) < 4.78 is 15.5. The van der Waals surface area contributed by atoms with Gasteiger partial charge in [0.15, 0.2) is 0 Å². The standard InChI is InChI=1S/C14H16N2O5/c1-19-9-6-7-10(11(8-9)20-2)14-15-12(21-16-14)4-3-5-13(17)18/h6-8H,3-5H2,1-2H3,(H,17,18). The third-order valence-electron chi connectivity index (χ3n) is 2.90. The van der Waals surface area contributed by atoms with Crippen LogP contribution in [-0.2, 0) is 11.2 Å². The van der Waals surface area contributed by atoms with Gasteiger partial charge in [0.1, 0.15) is 11.5 Å². The van der Waals surface area contributed by atoms with E-state index < -0.39 is 5.97 Å². The number of benzene rings is 1. The Hall–Kier alpha value is -2.57. The lowest BCUT2D eigenvalue weighted by Gasteiger charge is -2.07. The van der Waals surface area contributed by atoms with Gasteiger partial charge in [-0.15, -0.1) is 0 Å². The largest absolute Gasteiger partial charge is 0.497 e. The summed E-state index contributed by atoms with van der Waals surface area (Å²) in [7, 11) is 3.12. The second-order valence-electron chi connectivity index (χ2n) is 4.33. The number of nitrogens with zero attached hydrogens (tertiary/aromatic N) is 2. The summed E-state index contributed by atoms with van der Waals surface area (Å²) in [5.74, 6) is 1.21. The van der Waals surface area contributed by atoms with Crippen molar-refractivity contribution in [2.45, 2.75) is 19.3 Å². The molecule has 0 fully saturated rings. The van der Waals surface area contributed by atoms with Crippen LogP contribution in [0.25, 0.3) is 11.4 Å². The van der Waals surface area contributed by atoms with E-state index >= 15 is 0 Å². The number of aryl methyl sites for hydroxylation is 1. The smallest absolute Gasteiger partial charge is 0.303 e. The Kier molecular flexibility index (Phi) is 4.76. The molecule has 0 spiro atoms. The van der Waals surface area contributed by atoms with Crippen molar-refractivity contribution in [1.29, 1.82) is 0 Å². The molecule has 7 heteroatoms. The quantitative estimate of drug-likeness (QED) is 0.835. The van der Waals surface area contributed by atoms with Crippen molar-refractivity contribution in [2.75, 3.05) is 14.2 Å². The van der Waals surface area contributed by atoms with Crippen LogP contribution in [-0.4, -0.2) is 35.4 Å². The predicted octanol–water partition coefficient (Wildman–Crippen LogP) is 2.16. The molecule has 21 heavy (non-hydrogen) atoms. The first-order valence-electron chi connectivity index (χ1n) is 6.41. The van der Waals surface area contributed by atoms with Crippen LogP contribution in [0.15, 0.2) is 22.7 Å². The van der Waals surface area contributed by atoms with Crippen molar-refractivity contribution >= 4 is 5.97 Å². The van der Waals surface area contributed by atoms with E-state index in [0.717, 1.165) is 0 Å². The van der Waals surface area contributed by atoms with Gasteiger partial charge in [-0.25, -0.2) is 0 Å². The Morgan fingerprint density at radius 1 is 1.33 bits per heavy atom. The Morgan fingerprint density at radius 2 is 2.14 bits per heavy atom. The average Bonchev–Trinajstić information content (AvgIpc) is 2.94. The maximum atomic E-state index is 10.5. The van der Waals surface area contributed by atoms with Crippen molar-refractivity contribution < 1.29 is 23.9 Å². The Labute approximate surface area is 121 Å². The van der Waals surface area contributed by atoms with Crippen LogP contribution in [0.5, 0.6) is 11.5 Å². The van der Waals surface area contributed by atoms with Crippen molar-refractivity contribution in [2.24, 2.45) is 0 Å². The van der Waals surface area contributed by atoms with Gasteiger partial charge in [0.2, 0.25) is 11.7 Å². The van der Waals surface area contributed by atoms with Crippen molar-refractivity contribution in [3.63, 3.8) is 0 Å². The molecule has 0 atom stereocenters. The number of aromatic nitrogens is 2. The van der Waals surface area contributed by atoms with Crippen molar-refractivity contribution in [3.05, 3.63) is 24.1 Å². The molecule has 0 unspecified atom stereocenters. The third-order valence-corrected chi connectivity index (χ3v) is 2.90. The van der Waals surface area contributed by atoms with Crippen molar-refractivity contribution in [1.82, 2.24) is 10.1 Å². The summed E-state index contributed by atoms with van der Waals surface area (Å²) in [5.41, 5.74) is 0.687. The van der Waals surface area contributed by atoms with Crippen LogP contribution < -0.4 is 9.47 Å². The second kappa shape index (κ2) is 6.74. The Balaban J connectivity index is 2.15.